The molecule has 3 aromatic carbocycles. The monoisotopic (exact) mass is 455 g/mol. The molecule has 3 rings (SSSR count). The van der Waals surface area contributed by atoms with Gasteiger partial charge in [0.25, 0.3) is 0 Å². The van der Waals surface area contributed by atoms with Gasteiger partial charge in [0.2, 0.25) is 0 Å². The largest absolute Gasteiger partial charge is 0.494 e. The molecule has 0 saturated carbocycles. The molecule has 0 spiro atoms. The summed E-state index contributed by atoms with van der Waals surface area (Å²) in [7, 11) is -2.19. The lowest BCUT2D eigenvalue weighted by Gasteiger charge is -2.44. The first kappa shape index (κ1) is 24.0. The van der Waals surface area contributed by atoms with E-state index in [4.69, 9.17) is 15.1 Å². The molecule has 0 aliphatic rings. The molecular formula is C28H29NO3Si. The van der Waals surface area contributed by atoms with Crippen LogP contribution in [0, 0.1) is 11.3 Å². The first-order valence-electron chi connectivity index (χ1n) is 11.0. The van der Waals surface area contributed by atoms with Crippen molar-refractivity contribution in [2.24, 2.45) is 0 Å². The second-order valence-corrected chi connectivity index (χ2v) is 14.0. The van der Waals surface area contributed by atoms with Crippen molar-refractivity contribution in [3.63, 3.8) is 0 Å². The molecule has 33 heavy (non-hydrogen) atoms. The van der Waals surface area contributed by atoms with Gasteiger partial charge in [-0.1, -0.05) is 104 Å². The number of carboxylic acids is 1. The summed E-state index contributed by atoms with van der Waals surface area (Å²) in [6.07, 6.45) is 1.36. The summed E-state index contributed by atoms with van der Waals surface area (Å²) in [4.78, 5) is 11.0. The standard InChI is InChI=1S/C28H29NO3Si/c1-28(2,3)33(25-10-6-4-7-11-25,26-12-8-5-9-13-26)19-18-32-24-16-14-22(15-17-24)20-23(21-29)27(30)31/h4-17,20H,18-19H2,1-3H3,(H,30,31)/b23-20+. The summed E-state index contributed by atoms with van der Waals surface area (Å²) in [5.74, 6) is -0.512. The van der Waals surface area contributed by atoms with Crippen molar-refractivity contribution in [2.45, 2.75) is 31.9 Å². The molecule has 1 N–H and O–H groups in total. The highest BCUT2D eigenvalue weighted by molar-refractivity contribution is 7.04. The van der Waals surface area contributed by atoms with Gasteiger partial charge in [-0.15, -0.1) is 0 Å². The fraction of sp³-hybridized carbons (Fsp3) is 0.214. The predicted octanol–water partition coefficient (Wildman–Crippen LogP) is 5.12. The summed E-state index contributed by atoms with van der Waals surface area (Å²) < 4.78 is 6.17. The molecule has 168 valence electrons. The molecule has 5 heteroatoms. The molecule has 0 saturated heterocycles. The molecular weight excluding hydrogens is 426 g/mol. The molecule has 0 amide bonds. The first-order valence-corrected chi connectivity index (χ1v) is 13.2. The van der Waals surface area contributed by atoms with Crippen molar-refractivity contribution in [2.75, 3.05) is 6.61 Å². The van der Waals surface area contributed by atoms with Gasteiger partial charge >= 0.3 is 5.97 Å². The lowest BCUT2D eigenvalue weighted by Crippen LogP contribution is -2.64. The number of ether oxygens (including phenoxy) is 1. The SMILES string of the molecule is CC(C)(C)[Si](CCOc1ccc(/C=C(\C#N)C(=O)O)cc1)(c1ccccc1)c1ccccc1. The Morgan fingerprint density at radius 3 is 1.88 bits per heavy atom. The maximum absolute atomic E-state index is 11.0. The maximum atomic E-state index is 11.0. The fourth-order valence-electron chi connectivity index (χ4n) is 4.43. The van der Waals surface area contributed by atoms with Crippen molar-refractivity contribution in [1.82, 2.24) is 0 Å². The first-order chi connectivity index (χ1) is 15.8. The summed E-state index contributed by atoms with van der Waals surface area (Å²) in [6, 6.07) is 31.4. The summed E-state index contributed by atoms with van der Waals surface area (Å²) in [6.45, 7) is 7.56. The highest BCUT2D eigenvalue weighted by atomic mass is 28.3. The van der Waals surface area contributed by atoms with E-state index in [0.29, 0.717) is 12.2 Å². The Morgan fingerprint density at radius 2 is 1.45 bits per heavy atom. The maximum Gasteiger partial charge on any atom is 0.346 e. The van der Waals surface area contributed by atoms with E-state index < -0.39 is 14.0 Å². The summed E-state index contributed by atoms with van der Waals surface area (Å²) >= 11 is 0. The van der Waals surface area contributed by atoms with Gasteiger partial charge in [-0.25, -0.2) is 4.79 Å². The number of carboxylic acid groups (broad SMARTS) is 1. The van der Waals surface area contributed by atoms with Gasteiger partial charge in [-0.05, 0) is 34.9 Å². The van der Waals surface area contributed by atoms with Crippen LogP contribution >= 0.6 is 0 Å². The summed E-state index contributed by atoms with van der Waals surface area (Å²) in [5, 5.41) is 20.8. The lowest BCUT2D eigenvalue weighted by atomic mass is 10.1. The molecule has 0 unspecified atom stereocenters. The van der Waals surface area contributed by atoms with E-state index in [-0.39, 0.29) is 10.6 Å². The smallest absolute Gasteiger partial charge is 0.346 e. The minimum atomic E-state index is -2.19. The van der Waals surface area contributed by atoms with Crippen molar-refractivity contribution in [1.29, 1.82) is 5.26 Å². The van der Waals surface area contributed by atoms with Crippen LogP contribution in [0.15, 0.2) is 90.5 Å². The van der Waals surface area contributed by atoms with Crippen molar-refractivity contribution in [3.8, 4) is 11.8 Å². The topological polar surface area (TPSA) is 70.3 Å². The molecule has 0 aromatic heterocycles. The number of hydrogen-bond donors (Lipinski definition) is 1. The number of aliphatic carboxylic acids is 1. The van der Waals surface area contributed by atoms with Crippen LogP contribution in [0.5, 0.6) is 5.75 Å². The Balaban J connectivity index is 1.86. The molecule has 0 atom stereocenters. The molecule has 0 aliphatic heterocycles. The number of nitriles is 1. The minimum Gasteiger partial charge on any atom is -0.494 e. The average molecular weight is 456 g/mol. The molecule has 0 bridgehead atoms. The van der Waals surface area contributed by atoms with Crippen LogP contribution in [0.4, 0.5) is 0 Å². The van der Waals surface area contributed by atoms with Gasteiger partial charge in [0.05, 0.1) is 6.61 Å². The third-order valence-corrected chi connectivity index (χ3v) is 12.3. The van der Waals surface area contributed by atoms with E-state index >= 15 is 0 Å². The third kappa shape index (κ3) is 5.42. The van der Waals surface area contributed by atoms with Crippen LogP contribution in [0.3, 0.4) is 0 Å². The molecule has 0 fully saturated rings. The van der Waals surface area contributed by atoms with Crippen LogP contribution in [0.2, 0.25) is 11.1 Å². The quantitative estimate of drug-likeness (QED) is 0.291. The zero-order chi connectivity index (χ0) is 23.9. The van der Waals surface area contributed by atoms with Crippen LogP contribution in [0.25, 0.3) is 6.08 Å². The van der Waals surface area contributed by atoms with Gasteiger partial charge in [0.15, 0.2) is 0 Å². The molecule has 3 aromatic rings. The van der Waals surface area contributed by atoms with Gasteiger partial charge < -0.3 is 9.84 Å². The third-order valence-electron chi connectivity index (χ3n) is 6.10. The zero-order valence-electron chi connectivity index (χ0n) is 19.3. The van der Waals surface area contributed by atoms with Crippen molar-refractivity contribution >= 4 is 30.5 Å². The van der Waals surface area contributed by atoms with E-state index in [1.54, 1.807) is 18.2 Å². The lowest BCUT2D eigenvalue weighted by molar-refractivity contribution is -0.132. The van der Waals surface area contributed by atoms with E-state index in [2.05, 4.69) is 81.4 Å². The van der Waals surface area contributed by atoms with Crippen LogP contribution in [-0.2, 0) is 4.79 Å². The van der Waals surface area contributed by atoms with Gasteiger partial charge in [-0.2, -0.15) is 5.26 Å². The van der Waals surface area contributed by atoms with Crippen molar-refractivity contribution in [3.05, 3.63) is 96.1 Å². The van der Waals surface area contributed by atoms with Gasteiger partial charge in [-0.3, -0.25) is 0 Å². The molecule has 0 aliphatic carbocycles. The highest BCUT2D eigenvalue weighted by Crippen LogP contribution is 2.38. The highest BCUT2D eigenvalue weighted by Gasteiger charge is 2.47. The Morgan fingerprint density at radius 1 is 0.939 bits per heavy atom. The van der Waals surface area contributed by atoms with Gasteiger partial charge in [0, 0.05) is 0 Å². The fourth-order valence-corrected chi connectivity index (χ4v) is 9.76. The molecule has 0 heterocycles. The van der Waals surface area contributed by atoms with Crippen LogP contribution < -0.4 is 15.1 Å². The van der Waals surface area contributed by atoms with Crippen molar-refractivity contribution < 1.29 is 14.6 Å². The number of hydrogen-bond acceptors (Lipinski definition) is 3. The minimum absolute atomic E-state index is 0.0677. The number of carbonyl (C=O) groups is 1. The second kappa shape index (κ2) is 10.3. The van der Waals surface area contributed by atoms with Crippen LogP contribution in [0.1, 0.15) is 26.3 Å². The molecule has 0 radical (unpaired) electrons. The number of rotatable bonds is 8. The van der Waals surface area contributed by atoms with Crippen LogP contribution in [-0.4, -0.2) is 25.8 Å². The number of nitrogens with zero attached hydrogens (tertiary/aromatic N) is 1. The Kier molecular flexibility index (Phi) is 7.52. The van der Waals surface area contributed by atoms with E-state index in [0.717, 1.165) is 11.8 Å². The Labute approximate surface area is 196 Å². The summed E-state index contributed by atoms with van der Waals surface area (Å²) in [5.41, 5.74) is 0.351. The second-order valence-electron chi connectivity index (χ2n) is 9.03. The zero-order valence-corrected chi connectivity index (χ0v) is 20.3. The number of benzene rings is 3. The Bertz CT molecular complexity index is 1100. The van der Waals surface area contributed by atoms with Gasteiger partial charge in [0.1, 0.15) is 25.5 Å². The Hall–Kier alpha value is -3.62. The van der Waals surface area contributed by atoms with E-state index in [1.807, 2.05) is 12.1 Å². The normalized spacial score (nSPS) is 12.1. The molecule has 4 nitrogen and oxygen atoms in total. The van der Waals surface area contributed by atoms with E-state index in [1.165, 1.54) is 16.4 Å². The predicted molar refractivity (Wildman–Crippen MR) is 136 cm³/mol. The van der Waals surface area contributed by atoms with E-state index in [9.17, 15) is 4.79 Å². The average Bonchev–Trinajstić information content (AvgIpc) is 2.81.